The van der Waals surface area contributed by atoms with E-state index < -0.39 is 12.0 Å². The molecule has 0 aliphatic heterocycles. The Balaban J connectivity index is 2.03. The molecule has 8 nitrogen and oxygen atoms in total. The second kappa shape index (κ2) is 8.36. The van der Waals surface area contributed by atoms with Gasteiger partial charge in [-0.3, -0.25) is 4.79 Å². The molecule has 0 saturated carbocycles. The zero-order valence-electron chi connectivity index (χ0n) is 14.9. The minimum atomic E-state index is -0.692. The Morgan fingerprint density at radius 1 is 1.28 bits per heavy atom. The maximum Gasteiger partial charge on any atom is 0.328 e. The second-order valence-corrected chi connectivity index (χ2v) is 5.96. The van der Waals surface area contributed by atoms with E-state index in [2.05, 4.69) is 20.7 Å². The monoisotopic (exact) mass is 345 g/mol. The Bertz CT molecular complexity index is 726. The van der Waals surface area contributed by atoms with Crippen LogP contribution in [0.25, 0.3) is 11.4 Å². The zero-order valence-corrected chi connectivity index (χ0v) is 14.9. The lowest BCUT2D eigenvalue weighted by Gasteiger charge is -2.21. The second-order valence-electron chi connectivity index (χ2n) is 5.96. The van der Waals surface area contributed by atoms with Gasteiger partial charge < -0.3 is 10.1 Å². The van der Waals surface area contributed by atoms with Gasteiger partial charge in [-0.25, -0.2) is 4.79 Å². The minimum absolute atomic E-state index is 0.0387. The SMILES string of the molecule is CC[C@H](C)[C@H](NC(=O)Cn1nnc(-c2ccc(C)cc2)n1)C(=O)OC. The van der Waals surface area contributed by atoms with E-state index in [0.29, 0.717) is 5.82 Å². The average Bonchev–Trinajstić information content (AvgIpc) is 3.07. The molecule has 0 unspecified atom stereocenters. The van der Waals surface area contributed by atoms with Crippen molar-refractivity contribution < 1.29 is 14.3 Å². The van der Waals surface area contributed by atoms with Crippen LogP contribution in [0.15, 0.2) is 24.3 Å². The molecular formula is C17H23N5O3. The first-order valence-electron chi connectivity index (χ1n) is 8.16. The van der Waals surface area contributed by atoms with E-state index in [9.17, 15) is 9.59 Å². The number of carbonyl (C=O) groups is 2. The number of aromatic nitrogens is 4. The number of hydrogen-bond acceptors (Lipinski definition) is 6. The van der Waals surface area contributed by atoms with Crippen molar-refractivity contribution >= 4 is 11.9 Å². The van der Waals surface area contributed by atoms with Gasteiger partial charge in [0.25, 0.3) is 0 Å². The Hall–Kier alpha value is -2.77. The van der Waals surface area contributed by atoms with Gasteiger partial charge in [-0.05, 0) is 18.1 Å². The quantitative estimate of drug-likeness (QED) is 0.761. The molecule has 0 aliphatic carbocycles. The first-order valence-corrected chi connectivity index (χ1v) is 8.16. The molecule has 0 spiro atoms. The van der Waals surface area contributed by atoms with Crippen molar-refractivity contribution in [2.45, 2.75) is 39.8 Å². The zero-order chi connectivity index (χ0) is 18.4. The van der Waals surface area contributed by atoms with Crippen molar-refractivity contribution in [3.63, 3.8) is 0 Å². The van der Waals surface area contributed by atoms with Crippen LogP contribution in [0.5, 0.6) is 0 Å². The smallest absolute Gasteiger partial charge is 0.328 e. The van der Waals surface area contributed by atoms with Gasteiger partial charge in [0.05, 0.1) is 7.11 Å². The number of aryl methyl sites for hydroxylation is 1. The summed E-state index contributed by atoms with van der Waals surface area (Å²) < 4.78 is 4.75. The molecule has 2 aromatic rings. The number of rotatable bonds is 7. The van der Waals surface area contributed by atoms with Gasteiger partial charge in [0.15, 0.2) is 0 Å². The van der Waals surface area contributed by atoms with Gasteiger partial charge in [0, 0.05) is 5.56 Å². The van der Waals surface area contributed by atoms with Gasteiger partial charge in [-0.15, -0.1) is 10.2 Å². The first-order chi connectivity index (χ1) is 11.9. The predicted molar refractivity (Wildman–Crippen MR) is 91.4 cm³/mol. The summed E-state index contributed by atoms with van der Waals surface area (Å²) in [6, 6.07) is 7.01. The van der Waals surface area contributed by atoms with Crippen LogP contribution in [0.4, 0.5) is 0 Å². The number of nitrogens with zero attached hydrogens (tertiary/aromatic N) is 4. The molecule has 0 bridgehead atoms. The van der Waals surface area contributed by atoms with Crippen LogP contribution < -0.4 is 5.32 Å². The molecule has 1 amide bonds. The summed E-state index contributed by atoms with van der Waals surface area (Å²) in [5.41, 5.74) is 1.96. The number of ether oxygens (including phenoxy) is 1. The molecule has 2 atom stereocenters. The number of esters is 1. The Morgan fingerprint density at radius 3 is 2.56 bits per heavy atom. The molecule has 2 rings (SSSR count). The molecule has 0 saturated heterocycles. The highest BCUT2D eigenvalue weighted by Crippen LogP contribution is 2.14. The maximum absolute atomic E-state index is 12.2. The highest BCUT2D eigenvalue weighted by Gasteiger charge is 2.26. The number of methoxy groups -OCH3 is 1. The average molecular weight is 345 g/mol. The lowest BCUT2D eigenvalue weighted by atomic mass is 9.99. The molecule has 134 valence electrons. The summed E-state index contributed by atoms with van der Waals surface area (Å²) in [7, 11) is 1.30. The minimum Gasteiger partial charge on any atom is -0.467 e. The molecule has 0 fully saturated rings. The normalized spacial score (nSPS) is 13.1. The van der Waals surface area contributed by atoms with Gasteiger partial charge in [-0.2, -0.15) is 4.80 Å². The summed E-state index contributed by atoms with van der Waals surface area (Å²) in [5, 5.41) is 14.7. The largest absolute Gasteiger partial charge is 0.467 e. The van der Waals surface area contributed by atoms with Gasteiger partial charge in [-0.1, -0.05) is 50.1 Å². The van der Waals surface area contributed by atoms with Crippen molar-refractivity contribution in [2.75, 3.05) is 7.11 Å². The van der Waals surface area contributed by atoms with Crippen LogP contribution in [0, 0.1) is 12.8 Å². The summed E-state index contributed by atoms with van der Waals surface area (Å²) in [6.45, 7) is 5.70. The van der Waals surface area contributed by atoms with E-state index in [1.54, 1.807) is 0 Å². The van der Waals surface area contributed by atoms with Gasteiger partial charge in [0.1, 0.15) is 12.6 Å². The number of nitrogens with one attached hydrogen (secondary N) is 1. The topological polar surface area (TPSA) is 99.0 Å². The Labute approximate surface area is 146 Å². The van der Waals surface area contributed by atoms with Crippen molar-refractivity contribution in [3.8, 4) is 11.4 Å². The Morgan fingerprint density at radius 2 is 1.96 bits per heavy atom. The Kier molecular flexibility index (Phi) is 6.21. The maximum atomic E-state index is 12.2. The van der Waals surface area contributed by atoms with Crippen molar-refractivity contribution in [1.82, 2.24) is 25.5 Å². The fourth-order valence-electron chi connectivity index (χ4n) is 2.27. The molecular weight excluding hydrogens is 322 g/mol. The molecule has 8 heteroatoms. The van der Waals surface area contributed by atoms with Crippen LogP contribution in [-0.4, -0.2) is 45.2 Å². The predicted octanol–water partition coefficient (Wildman–Crippen LogP) is 1.35. The highest BCUT2D eigenvalue weighted by atomic mass is 16.5. The number of hydrogen-bond donors (Lipinski definition) is 1. The van der Waals surface area contributed by atoms with Crippen LogP contribution in [0.2, 0.25) is 0 Å². The number of amides is 1. The third-order valence-electron chi connectivity index (χ3n) is 4.03. The van der Waals surface area contributed by atoms with Crippen LogP contribution in [0.1, 0.15) is 25.8 Å². The standard InChI is InChI=1S/C17H23N5O3/c1-5-12(3)15(17(24)25-4)18-14(23)10-22-20-16(19-21-22)13-8-6-11(2)7-9-13/h6-9,12,15H,5,10H2,1-4H3,(H,18,23)/t12-,15-/m0/s1. The first kappa shape index (κ1) is 18.6. The lowest BCUT2D eigenvalue weighted by Crippen LogP contribution is -2.46. The lowest BCUT2D eigenvalue weighted by molar-refractivity contribution is -0.146. The molecule has 1 aromatic heterocycles. The number of benzene rings is 1. The third kappa shape index (κ3) is 4.85. The number of carbonyl (C=O) groups excluding carboxylic acids is 2. The molecule has 1 N–H and O–H groups in total. The van der Waals surface area contributed by atoms with Crippen LogP contribution >= 0.6 is 0 Å². The van der Waals surface area contributed by atoms with E-state index in [1.807, 2.05) is 45.0 Å². The van der Waals surface area contributed by atoms with Crippen LogP contribution in [0.3, 0.4) is 0 Å². The van der Waals surface area contributed by atoms with Crippen molar-refractivity contribution in [2.24, 2.45) is 5.92 Å². The highest BCUT2D eigenvalue weighted by molar-refractivity contribution is 5.84. The van der Waals surface area contributed by atoms with E-state index in [0.717, 1.165) is 17.5 Å². The van der Waals surface area contributed by atoms with Gasteiger partial charge in [0.2, 0.25) is 11.7 Å². The molecule has 1 aromatic carbocycles. The van der Waals surface area contributed by atoms with Gasteiger partial charge >= 0.3 is 5.97 Å². The molecule has 0 aliphatic rings. The van der Waals surface area contributed by atoms with E-state index >= 15 is 0 Å². The summed E-state index contributed by atoms with van der Waals surface area (Å²) >= 11 is 0. The van der Waals surface area contributed by atoms with Crippen LogP contribution in [-0.2, 0) is 20.9 Å². The molecule has 0 radical (unpaired) electrons. The fourth-order valence-corrected chi connectivity index (χ4v) is 2.27. The van der Waals surface area contributed by atoms with E-state index in [1.165, 1.54) is 11.9 Å². The number of tetrazole rings is 1. The van der Waals surface area contributed by atoms with Crippen molar-refractivity contribution in [3.05, 3.63) is 29.8 Å². The summed E-state index contributed by atoms with van der Waals surface area (Å²) in [4.78, 5) is 25.2. The summed E-state index contributed by atoms with van der Waals surface area (Å²) in [5.74, 6) is -0.430. The summed E-state index contributed by atoms with van der Waals surface area (Å²) in [6.07, 6.45) is 0.735. The van der Waals surface area contributed by atoms with Crippen molar-refractivity contribution in [1.29, 1.82) is 0 Å². The fraction of sp³-hybridized carbons (Fsp3) is 0.471. The molecule has 1 heterocycles. The molecule has 25 heavy (non-hydrogen) atoms. The van der Waals surface area contributed by atoms with E-state index in [4.69, 9.17) is 4.74 Å². The third-order valence-corrected chi connectivity index (χ3v) is 4.03. The van der Waals surface area contributed by atoms with E-state index in [-0.39, 0.29) is 18.4 Å².